The first-order valence-electron chi connectivity index (χ1n) is 6.55. The number of ether oxygens (including phenoxy) is 1. The van der Waals surface area contributed by atoms with Crippen LogP contribution >= 0.6 is 0 Å². The lowest BCUT2D eigenvalue weighted by molar-refractivity contribution is 0.414. The fraction of sp³-hybridized carbons (Fsp3) is 0.294. The molecule has 0 aliphatic heterocycles. The molecule has 0 fully saturated rings. The Morgan fingerprint density at radius 2 is 1.44 bits per heavy atom. The van der Waals surface area contributed by atoms with Crippen molar-refractivity contribution in [3.05, 3.63) is 65.7 Å². The van der Waals surface area contributed by atoms with Crippen LogP contribution in [0.15, 0.2) is 54.6 Å². The molecule has 0 saturated heterocycles. The number of benzene rings is 2. The van der Waals surface area contributed by atoms with Gasteiger partial charge in [0, 0.05) is 0 Å². The van der Waals surface area contributed by atoms with Gasteiger partial charge in [-0.2, -0.15) is 0 Å². The average molecular weight is 240 g/mol. The summed E-state index contributed by atoms with van der Waals surface area (Å²) < 4.78 is 5.23. The molecule has 0 heterocycles. The van der Waals surface area contributed by atoms with E-state index in [-0.39, 0.29) is 0 Å². The van der Waals surface area contributed by atoms with Crippen molar-refractivity contribution in [1.29, 1.82) is 0 Å². The molecule has 0 spiro atoms. The van der Waals surface area contributed by atoms with Crippen LogP contribution in [0.5, 0.6) is 5.75 Å². The Hall–Kier alpha value is -1.76. The van der Waals surface area contributed by atoms with Gasteiger partial charge in [0.2, 0.25) is 0 Å². The van der Waals surface area contributed by atoms with E-state index in [1.165, 1.54) is 30.4 Å². The second kappa shape index (κ2) is 6.85. The summed E-state index contributed by atoms with van der Waals surface area (Å²) in [5.41, 5.74) is 2.80. The number of unbranched alkanes of at least 4 members (excludes halogenated alkanes) is 1. The zero-order valence-corrected chi connectivity index (χ0v) is 10.9. The highest BCUT2D eigenvalue weighted by atomic mass is 16.5. The molecule has 0 aliphatic carbocycles. The predicted molar refractivity (Wildman–Crippen MR) is 76.1 cm³/mol. The van der Waals surface area contributed by atoms with Crippen LogP contribution in [0.25, 0.3) is 0 Å². The van der Waals surface area contributed by atoms with E-state index in [2.05, 4.69) is 48.5 Å². The summed E-state index contributed by atoms with van der Waals surface area (Å²) >= 11 is 0. The summed E-state index contributed by atoms with van der Waals surface area (Å²) in [6.07, 6.45) is 4.76. The van der Waals surface area contributed by atoms with Crippen LogP contribution in [-0.4, -0.2) is 7.11 Å². The van der Waals surface area contributed by atoms with Crippen LogP contribution in [0.3, 0.4) is 0 Å². The number of rotatable bonds is 6. The minimum absolute atomic E-state index is 0.954. The summed E-state index contributed by atoms with van der Waals surface area (Å²) in [6.45, 7) is 0. The molecular formula is C17H20O. The SMILES string of the molecule is COc1cccc(CCCCc2ccccc2)c1. The molecule has 1 heteroatoms. The molecule has 0 bridgehead atoms. The zero-order valence-electron chi connectivity index (χ0n) is 10.9. The van der Waals surface area contributed by atoms with Crippen molar-refractivity contribution in [1.82, 2.24) is 0 Å². The summed E-state index contributed by atoms with van der Waals surface area (Å²) in [7, 11) is 1.72. The lowest BCUT2D eigenvalue weighted by Crippen LogP contribution is -1.90. The highest BCUT2D eigenvalue weighted by Gasteiger charge is 1.97. The normalized spacial score (nSPS) is 10.3. The molecule has 2 aromatic carbocycles. The van der Waals surface area contributed by atoms with Crippen LogP contribution in [0, 0.1) is 0 Å². The van der Waals surface area contributed by atoms with E-state index >= 15 is 0 Å². The molecule has 1 nitrogen and oxygen atoms in total. The molecule has 0 saturated carbocycles. The lowest BCUT2D eigenvalue weighted by Gasteiger charge is -2.05. The predicted octanol–water partition coefficient (Wildman–Crippen LogP) is 4.26. The van der Waals surface area contributed by atoms with Crippen molar-refractivity contribution in [3.8, 4) is 5.75 Å². The van der Waals surface area contributed by atoms with Gasteiger partial charge >= 0.3 is 0 Å². The van der Waals surface area contributed by atoms with Gasteiger partial charge in [0.25, 0.3) is 0 Å². The number of aryl methyl sites for hydroxylation is 2. The molecular weight excluding hydrogens is 220 g/mol. The Morgan fingerprint density at radius 3 is 2.17 bits per heavy atom. The monoisotopic (exact) mass is 240 g/mol. The first-order valence-corrected chi connectivity index (χ1v) is 6.55. The molecule has 18 heavy (non-hydrogen) atoms. The number of hydrogen-bond acceptors (Lipinski definition) is 1. The topological polar surface area (TPSA) is 9.23 Å². The van der Waals surface area contributed by atoms with E-state index in [0.717, 1.165) is 12.2 Å². The Labute approximate surface area is 109 Å². The quantitative estimate of drug-likeness (QED) is 0.685. The fourth-order valence-corrected chi connectivity index (χ4v) is 2.13. The maximum Gasteiger partial charge on any atom is 0.119 e. The van der Waals surface area contributed by atoms with Crippen LogP contribution < -0.4 is 4.74 Å². The summed E-state index contributed by atoms with van der Waals surface area (Å²) in [4.78, 5) is 0. The van der Waals surface area contributed by atoms with E-state index in [1.54, 1.807) is 7.11 Å². The molecule has 2 aromatic rings. The highest BCUT2D eigenvalue weighted by Crippen LogP contribution is 2.15. The third-order valence-corrected chi connectivity index (χ3v) is 3.16. The summed E-state index contributed by atoms with van der Waals surface area (Å²) in [5, 5.41) is 0. The van der Waals surface area contributed by atoms with Crippen molar-refractivity contribution in [2.24, 2.45) is 0 Å². The van der Waals surface area contributed by atoms with Crippen molar-refractivity contribution in [2.75, 3.05) is 7.11 Å². The number of methoxy groups -OCH3 is 1. The summed E-state index contributed by atoms with van der Waals surface area (Å²) in [5.74, 6) is 0.954. The zero-order chi connectivity index (χ0) is 12.6. The van der Waals surface area contributed by atoms with Crippen LogP contribution in [0.1, 0.15) is 24.0 Å². The molecule has 0 N–H and O–H groups in total. The summed E-state index contributed by atoms with van der Waals surface area (Å²) in [6, 6.07) is 19.0. The number of hydrogen-bond donors (Lipinski definition) is 0. The molecule has 0 amide bonds. The lowest BCUT2D eigenvalue weighted by atomic mass is 10.0. The van der Waals surface area contributed by atoms with E-state index < -0.39 is 0 Å². The highest BCUT2D eigenvalue weighted by molar-refractivity contribution is 5.28. The fourth-order valence-electron chi connectivity index (χ4n) is 2.13. The third kappa shape index (κ3) is 3.92. The van der Waals surface area contributed by atoms with Crippen LogP contribution in [0.2, 0.25) is 0 Å². The van der Waals surface area contributed by atoms with Crippen molar-refractivity contribution < 1.29 is 4.74 Å². The standard InChI is InChI=1S/C17H20O/c1-18-17-13-7-12-16(14-17)11-6-5-10-15-8-3-2-4-9-15/h2-4,7-9,12-14H,5-6,10-11H2,1H3. The van der Waals surface area contributed by atoms with E-state index in [4.69, 9.17) is 4.74 Å². The van der Waals surface area contributed by atoms with E-state index in [0.29, 0.717) is 0 Å². The second-order valence-corrected chi connectivity index (χ2v) is 4.54. The molecule has 0 radical (unpaired) electrons. The largest absolute Gasteiger partial charge is 0.497 e. The van der Waals surface area contributed by atoms with Crippen molar-refractivity contribution >= 4 is 0 Å². The van der Waals surface area contributed by atoms with Gasteiger partial charge in [-0.1, -0.05) is 42.5 Å². The van der Waals surface area contributed by atoms with Gasteiger partial charge < -0.3 is 4.74 Å². The minimum Gasteiger partial charge on any atom is -0.497 e. The van der Waals surface area contributed by atoms with Gasteiger partial charge in [0.15, 0.2) is 0 Å². The van der Waals surface area contributed by atoms with Crippen LogP contribution in [0.4, 0.5) is 0 Å². The Morgan fingerprint density at radius 1 is 0.778 bits per heavy atom. The molecule has 0 atom stereocenters. The second-order valence-electron chi connectivity index (χ2n) is 4.54. The van der Waals surface area contributed by atoms with Crippen molar-refractivity contribution in [2.45, 2.75) is 25.7 Å². The molecule has 0 unspecified atom stereocenters. The third-order valence-electron chi connectivity index (χ3n) is 3.16. The first-order chi connectivity index (χ1) is 8.88. The van der Waals surface area contributed by atoms with Gasteiger partial charge in [-0.15, -0.1) is 0 Å². The Bertz CT molecular complexity index is 462. The molecule has 0 aromatic heterocycles. The Kier molecular flexibility index (Phi) is 4.83. The van der Waals surface area contributed by atoms with E-state index in [1.807, 2.05) is 6.07 Å². The van der Waals surface area contributed by atoms with Gasteiger partial charge in [-0.05, 0) is 48.9 Å². The van der Waals surface area contributed by atoms with Gasteiger partial charge in [0.1, 0.15) is 5.75 Å². The molecule has 94 valence electrons. The smallest absolute Gasteiger partial charge is 0.119 e. The molecule has 2 rings (SSSR count). The maximum absolute atomic E-state index is 5.23. The average Bonchev–Trinajstić information content (AvgIpc) is 2.45. The molecule has 0 aliphatic rings. The van der Waals surface area contributed by atoms with Gasteiger partial charge in [-0.25, -0.2) is 0 Å². The van der Waals surface area contributed by atoms with Crippen molar-refractivity contribution in [3.63, 3.8) is 0 Å². The maximum atomic E-state index is 5.23. The van der Waals surface area contributed by atoms with Gasteiger partial charge in [0.05, 0.1) is 7.11 Å². The van der Waals surface area contributed by atoms with Crippen LogP contribution in [-0.2, 0) is 12.8 Å². The Balaban J connectivity index is 1.75. The minimum atomic E-state index is 0.954. The van der Waals surface area contributed by atoms with Gasteiger partial charge in [-0.3, -0.25) is 0 Å². The first kappa shape index (κ1) is 12.7. The van der Waals surface area contributed by atoms with E-state index in [9.17, 15) is 0 Å².